The topological polar surface area (TPSA) is 105 Å². The Morgan fingerprint density at radius 3 is 0.667 bits per heavy atom. The van der Waals surface area contributed by atoms with Crippen LogP contribution in [0.2, 0.25) is 0 Å². The summed E-state index contributed by atoms with van der Waals surface area (Å²) in [5.41, 5.74) is -1.30. The van der Waals surface area contributed by atoms with Gasteiger partial charge in [0.2, 0.25) is 0 Å². The number of esters is 4. The lowest BCUT2D eigenvalue weighted by molar-refractivity contribution is -0.174. The molecule has 0 aliphatic rings. The highest BCUT2D eigenvalue weighted by molar-refractivity contribution is 7.99. The molecule has 0 aliphatic carbocycles. The van der Waals surface area contributed by atoms with Crippen molar-refractivity contribution < 1.29 is 38.1 Å². The number of ether oxygens (including phenoxy) is 4. The van der Waals surface area contributed by atoms with E-state index in [2.05, 4.69) is 55.4 Å². The van der Waals surface area contributed by atoms with E-state index in [0.717, 1.165) is 72.4 Å². The second kappa shape index (κ2) is 55.8. The molecule has 0 bridgehead atoms. The summed E-state index contributed by atoms with van der Waals surface area (Å²) in [6, 6.07) is 0. The quantitative estimate of drug-likeness (QED) is 0.0329. The van der Waals surface area contributed by atoms with E-state index in [1.54, 1.807) is 47.0 Å². The second-order valence-electron chi connectivity index (χ2n) is 25.0. The molecule has 0 amide bonds. The minimum atomic E-state index is -1.30. The van der Waals surface area contributed by atoms with Crippen LogP contribution in [0.5, 0.6) is 0 Å². The number of hydrogen-bond acceptors (Lipinski definition) is 12. The molecule has 0 fully saturated rings. The van der Waals surface area contributed by atoms with Crippen molar-refractivity contribution in [2.24, 2.45) is 52.8 Å². The van der Waals surface area contributed by atoms with Crippen LogP contribution in [0, 0.1) is 52.8 Å². The van der Waals surface area contributed by atoms with E-state index in [0.29, 0.717) is 23.0 Å². The van der Waals surface area contributed by atoms with Gasteiger partial charge in [0.05, 0.1) is 23.7 Å². The Kier molecular flexibility index (Phi) is 55.3. The molecule has 81 heavy (non-hydrogen) atoms. The number of rotatable bonds is 60. The van der Waals surface area contributed by atoms with Gasteiger partial charge in [-0.1, -0.05) is 263 Å². The van der Waals surface area contributed by atoms with Crippen molar-refractivity contribution >= 4 is 70.9 Å². The van der Waals surface area contributed by atoms with Crippen molar-refractivity contribution in [1.29, 1.82) is 0 Å². The Bertz CT molecular complexity index is 1250. The maximum atomic E-state index is 13.9. The van der Waals surface area contributed by atoms with Crippen LogP contribution in [-0.4, -0.2) is 96.3 Å². The maximum absolute atomic E-state index is 13.9. The largest absolute Gasteiger partial charge is 0.464 e. The number of hydrogen-bond donors (Lipinski definition) is 0. The SMILES string of the molecule is CCCCC(CCC)CCCCSCC(C)C(=O)OCC(COC(=O)C(C)CSCCCCC(CCC)CCCC)(COC(=O)C(C)CSCCCCC(CCC)CCCC)COC(=O)C(C)CSCCCCC(CCC)CCCC. The maximum Gasteiger partial charge on any atom is 0.309 e. The summed E-state index contributed by atoms with van der Waals surface area (Å²) < 4.78 is 24.6. The molecule has 0 heterocycles. The molecule has 0 rings (SSSR count). The van der Waals surface area contributed by atoms with Gasteiger partial charge in [0.15, 0.2) is 0 Å². The van der Waals surface area contributed by atoms with Crippen LogP contribution in [0.3, 0.4) is 0 Å². The van der Waals surface area contributed by atoms with Crippen LogP contribution in [0.25, 0.3) is 0 Å². The number of carbonyl (C=O) groups is 4. The summed E-state index contributed by atoms with van der Waals surface area (Å²) in [4.78, 5) is 55.5. The Morgan fingerprint density at radius 1 is 0.284 bits per heavy atom. The summed E-state index contributed by atoms with van der Waals surface area (Å²) in [5, 5.41) is 0. The fourth-order valence-electron chi connectivity index (χ4n) is 10.9. The van der Waals surface area contributed by atoms with E-state index >= 15 is 0 Å². The first-order valence-corrected chi connectivity index (χ1v) is 38.8. The van der Waals surface area contributed by atoms with Gasteiger partial charge in [0.25, 0.3) is 0 Å². The van der Waals surface area contributed by atoms with Crippen molar-refractivity contribution in [2.45, 2.75) is 289 Å². The molecule has 8 nitrogen and oxygen atoms in total. The van der Waals surface area contributed by atoms with Crippen LogP contribution in [0.4, 0.5) is 0 Å². The monoisotopic (exact) mass is 1220 g/mol. The van der Waals surface area contributed by atoms with Gasteiger partial charge in [-0.05, 0) is 72.4 Å². The molecule has 0 spiro atoms. The van der Waals surface area contributed by atoms with E-state index in [1.165, 1.54) is 180 Å². The summed E-state index contributed by atoms with van der Waals surface area (Å²) in [6.45, 7) is 25.0. The Morgan fingerprint density at radius 2 is 0.481 bits per heavy atom. The fourth-order valence-corrected chi connectivity index (χ4v) is 15.2. The Hall–Kier alpha value is -0.720. The molecule has 480 valence electrons. The van der Waals surface area contributed by atoms with Gasteiger partial charge in [-0.15, -0.1) is 0 Å². The van der Waals surface area contributed by atoms with Gasteiger partial charge in [-0.25, -0.2) is 0 Å². The molecule has 0 saturated carbocycles. The zero-order valence-corrected chi connectivity index (χ0v) is 58.4. The minimum Gasteiger partial charge on any atom is -0.464 e. The molecule has 8 unspecified atom stereocenters. The van der Waals surface area contributed by atoms with Gasteiger partial charge in [-0.2, -0.15) is 47.0 Å². The predicted octanol–water partition coefficient (Wildman–Crippen LogP) is 20.7. The van der Waals surface area contributed by atoms with E-state index in [9.17, 15) is 19.2 Å². The normalized spacial score (nSPS) is 15.5. The lowest BCUT2D eigenvalue weighted by Gasteiger charge is -2.33. The number of unbranched alkanes of at least 4 members (excludes halogenated alkanes) is 8. The van der Waals surface area contributed by atoms with Crippen molar-refractivity contribution in [3.8, 4) is 0 Å². The highest BCUT2D eigenvalue weighted by Crippen LogP contribution is 2.29. The van der Waals surface area contributed by atoms with E-state index in [-0.39, 0.29) is 74.0 Å². The first kappa shape index (κ1) is 80.3. The molecule has 0 aliphatic heterocycles. The van der Waals surface area contributed by atoms with Gasteiger partial charge in [0.1, 0.15) is 31.8 Å². The second-order valence-corrected chi connectivity index (χ2v) is 29.6. The van der Waals surface area contributed by atoms with Crippen molar-refractivity contribution in [1.82, 2.24) is 0 Å². The highest BCUT2D eigenvalue weighted by atomic mass is 32.2. The van der Waals surface area contributed by atoms with Crippen molar-refractivity contribution in [2.75, 3.05) is 72.5 Å². The molecular weight excluding hydrogens is 1090 g/mol. The third-order valence-electron chi connectivity index (χ3n) is 16.4. The first-order chi connectivity index (χ1) is 39.2. The molecule has 0 aromatic rings. The average molecular weight is 1220 g/mol. The number of thioether (sulfide) groups is 4. The van der Waals surface area contributed by atoms with E-state index < -0.39 is 5.41 Å². The average Bonchev–Trinajstić information content (AvgIpc) is 3.47. The van der Waals surface area contributed by atoms with E-state index in [4.69, 9.17) is 18.9 Å². The van der Waals surface area contributed by atoms with Crippen LogP contribution in [-0.2, 0) is 38.1 Å². The van der Waals surface area contributed by atoms with E-state index in [1.807, 2.05) is 27.7 Å². The number of carbonyl (C=O) groups excluding carboxylic acids is 4. The fraction of sp³-hybridized carbons (Fsp3) is 0.942. The smallest absolute Gasteiger partial charge is 0.309 e. The zero-order valence-electron chi connectivity index (χ0n) is 55.1. The first-order valence-electron chi connectivity index (χ1n) is 34.2. The lowest BCUT2D eigenvalue weighted by Crippen LogP contribution is -2.45. The van der Waals surface area contributed by atoms with Crippen molar-refractivity contribution in [3.05, 3.63) is 0 Å². The molecule has 0 N–H and O–H groups in total. The third-order valence-corrected chi connectivity index (χ3v) is 21.7. The summed E-state index contributed by atoms with van der Waals surface area (Å²) in [7, 11) is 0. The summed E-state index contributed by atoms with van der Waals surface area (Å²) in [5.74, 6) is 6.83. The van der Waals surface area contributed by atoms with Gasteiger partial charge in [-0.3, -0.25) is 19.2 Å². The lowest BCUT2D eigenvalue weighted by atomic mass is 9.91. The standard InChI is InChI=1S/C69H132O8S4/c1-13-21-37-61(33-17-5)41-25-29-45-78-49-57(9)65(70)74-53-69(54-75-66(71)58(10)50-79-46-30-26-42-62(34-18-6)38-22-14-2,55-76-67(72)59(11)51-80-47-31-27-43-63(35-19-7)39-23-15-3)56-77-68(73)60(12)52-81-48-32-28-44-64(36-20-8)40-24-16-4/h57-64H,13-56H2,1-12H3. The van der Waals surface area contributed by atoms with Gasteiger partial charge >= 0.3 is 23.9 Å². The van der Waals surface area contributed by atoms with Crippen LogP contribution in [0.15, 0.2) is 0 Å². The van der Waals surface area contributed by atoms with Gasteiger partial charge in [0, 0.05) is 23.0 Å². The Balaban J connectivity index is 6.23. The minimum absolute atomic E-state index is 0.216. The highest BCUT2D eigenvalue weighted by Gasteiger charge is 2.40. The molecular formula is C69H132O8S4. The molecule has 0 radical (unpaired) electrons. The molecule has 12 heteroatoms. The molecule has 0 aromatic carbocycles. The van der Waals surface area contributed by atoms with Crippen molar-refractivity contribution in [3.63, 3.8) is 0 Å². The molecule has 0 saturated heterocycles. The molecule has 0 aromatic heterocycles. The van der Waals surface area contributed by atoms with Crippen LogP contribution >= 0.6 is 47.0 Å². The zero-order chi connectivity index (χ0) is 60.2. The van der Waals surface area contributed by atoms with Crippen LogP contribution < -0.4 is 0 Å². The molecule has 8 atom stereocenters. The Labute approximate surface area is 519 Å². The van der Waals surface area contributed by atoms with Crippen LogP contribution in [0.1, 0.15) is 289 Å². The summed E-state index contributed by atoms with van der Waals surface area (Å²) >= 11 is 7.17. The third kappa shape index (κ3) is 44.4. The van der Waals surface area contributed by atoms with Gasteiger partial charge < -0.3 is 18.9 Å². The summed E-state index contributed by atoms with van der Waals surface area (Å²) in [6.07, 6.45) is 40.1. The predicted molar refractivity (Wildman–Crippen MR) is 359 cm³/mol.